The monoisotopic (exact) mass is 457 g/mol. The van der Waals surface area contributed by atoms with Crippen LogP contribution in [0.25, 0.3) is 10.9 Å². The molecule has 0 saturated carbocycles. The third-order valence-corrected chi connectivity index (χ3v) is 6.58. The Bertz CT molecular complexity index is 1120. The number of sulfonamides is 1. The van der Waals surface area contributed by atoms with Crippen molar-refractivity contribution in [1.82, 2.24) is 9.29 Å². The number of carbonyl (C=O) groups excluding carboxylic acids is 1. The highest BCUT2D eigenvalue weighted by Gasteiger charge is 2.35. The second kappa shape index (κ2) is 11.5. The first-order valence-electron chi connectivity index (χ1n) is 10.2. The summed E-state index contributed by atoms with van der Waals surface area (Å²) in [5, 5.41) is 0.980. The van der Waals surface area contributed by atoms with Crippen LogP contribution in [0.5, 0.6) is 5.75 Å². The largest absolute Gasteiger partial charge is 0.497 e. The van der Waals surface area contributed by atoms with Gasteiger partial charge in [0.05, 0.1) is 12.9 Å². The number of hydrogen-bond acceptors (Lipinski definition) is 4. The molecular formula is C24H31N3O4S. The fraction of sp³-hybridized carbons (Fsp3) is 0.292. The summed E-state index contributed by atoms with van der Waals surface area (Å²) in [5.41, 5.74) is 7.24. The number of methoxy groups -OCH3 is 1. The van der Waals surface area contributed by atoms with Crippen LogP contribution in [0, 0.1) is 5.92 Å². The number of amides is 1. The summed E-state index contributed by atoms with van der Waals surface area (Å²) >= 11 is 0. The van der Waals surface area contributed by atoms with E-state index < -0.39 is 22.0 Å². The molecule has 3 rings (SSSR count). The van der Waals surface area contributed by atoms with E-state index in [1.807, 2.05) is 60.8 Å². The molecule has 172 valence electrons. The Morgan fingerprint density at radius 3 is 2.41 bits per heavy atom. The molecule has 0 fully saturated rings. The van der Waals surface area contributed by atoms with Gasteiger partial charge in [-0.15, -0.1) is 6.58 Å². The molecule has 8 heteroatoms. The summed E-state index contributed by atoms with van der Waals surface area (Å²) in [4.78, 5) is 15.0. The molecule has 3 N–H and O–H groups in total. The molecule has 0 aliphatic rings. The van der Waals surface area contributed by atoms with E-state index in [-0.39, 0.29) is 18.2 Å². The molecule has 32 heavy (non-hydrogen) atoms. The van der Waals surface area contributed by atoms with E-state index in [1.165, 1.54) is 10.4 Å². The lowest BCUT2D eigenvalue weighted by Crippen LogP contribution is -2.50. The topological polar surface area (TPSA) is 105 Å². The molecule has 0 saturated heterocycles. The van der Waals surface area contributed by atoms with Crippen LogP contribution >= 0.6 is 0 Å². The first-order valence-corrected chi connectivity index (χ1v) is 11.8. The molecule has 2 aromatic carbocycles. The number of nitrogens with one attached hydrogen (secondary N) is 1. The van der Waals surface area contributed by atoms with Crippen molar-refractivity contribution in [2.24, 2.45) is 11.7 Å². The number of rotatable bonds is 9. The SMILES string of the molecule is C=CCS(=O)(=O)N(Cc1ccc2[nH]ccc2c1)C(C(N)=O)C(C)C.COc1ccccc1. The molecule has 1 aromatic heterocycles. The van der Waals surface area contributed by atoms with Crippen LogP contribution in [-0.2, 0) is 21.4 Å². The third kappa shape index (κ3) is 6.70. The van der Waals surface area contributed by atoms with Crippen LogP contribution in [0.3, 0.4) is 0 Å². The van der Waals surface area contributed by atoms with Gasteiger partial charge in [-0.25, -0.2) is 8.42 Å². The maximum atomic E-state index is 12.6. The van der Waals surface area contributed by atoms with E-state index in [4.69, 9.17) is 10.5 Å². The average molecular weight is 458 g/mol. The molecule has 0 aliphatic carbocycles. The maximum absolute atomic E-state index is 12.6. The summed E-state index contributed by atoms with van der Waals surface area (Å²) in [6.45, 7) is 7.14. The van der Waals surface area contributed by atoms with Gasteiger partial charge in [0.25, 0.3) is 0 Å². The fourth-order valence-electron chi connectivity index (χ4n) is 3.36. The Kier molecular flexibility index (Phi) is 9.04. The number of fused-ring (bicyclic) bond motifs is 1. The Morgan fingerprint density at radius 2 is 1.88 bits per heavy atom. The van der Waals surface area contributed by atoms with Crippen molar-refractivity contribution in [2.75, 3.05) is 12.9 Å². The number of aromatic amines is 1. The van der Waals surface area contributed by atoms with Crippen molar-refractivity contribution < 1.29 is 17.9 Å². The van der Waals surface area contributed by atoms with E-state index in [2.05, 4.69) is 11.6 Å². The zero-order chi connectivity index (χ0) is 23.7. The van der Waals surface area contributed by atoms with E-state index in [0.29, 0.717) is 0 Å². The predicted octanol–water partition coefficient (Wildman–Crippen LogP) is 3.69. The van der Waals surface area contributed by atoms with E-state index in [1.54, 1.807) is 21.0 Å². The van der Waals surface area contributed by atoms with Crippen LogP contribution in [0.4, 0.5) is 0 Å². The smallest absolute Gasteiger partial charge is 0.236 e. The highest BCUT2D eigenvalue weighted by molar-refractivity contribution is 7.89. The molecule has 1 amide bonds. The minimum absolute atomic E-state index is 0.0864. The lowest BCUT2D eigenvalue weighted by molar-refractivity contribution is -0.123. The highest BCUT2D eigenvalue weighted by Crippen LogP contribution is 2.22. The molecule has 0 spiro atoms. The normalized spacial score (nSPS) is 12.3. The van der Waals surface area contributed by atoms with Crippen LogP contribution < -0.4 is 10.5 Å². The molecule has 1 unspecified atom stereocenters. The molecule has 0 bridgehead atoms. The number of aromatic nitrogens is 1. The van der Waals surface area contributed by atoms with Crippen molar-refractivity contribution in [3.8, 4) is 5.75 Å². The van der Waals surface area contributed by atoms with E-state index >= 15 is 0 Å². The van der Waals surface area contributed by atoms with Gasteiger partial charge in [0.1, 0.15) is 11.8 Å². The number of benzene rings is 2. The van der Waals surface area contributed by atoms with Crippen LogP contribution in [0.15, 0.2) is 73.4 Å². The van der Waals surface area contributed by atoms with Gasteiger partial charge in [-0.3, -0.25) is 4.79 Å². The summed E-state index contributed by atoms with van der Waals surface area (Å²) in [6, 6.07) is 16.3. The van der Waals surface area contributed by atoms with Crippen molar-refractivity contribution in [1.29, 1.82) is 0 Å². The highest BCUT2D eigenvalue weighted by atomic mass is 32.2. The number of para-hydroxylation sites is 1. The zero-order valence-corrected chi connectivity index (χ0v) is 19.5. The Hall–Kier alpha value is -3.10. The molecule has 1 heterocycles. The van der Waals surface area contributed by atoms with Gasteiger partial charge >= 0.3 is 0 Å². The number of H-pyrrole nitrogens is 1. The van der Waals surface area contributed by atoms with E-state index in [9.17, 15) is 13.2 Å². The van der Waals surface area contributed by atoms with Gasteiger partial charge < -0.3 is 15.5 Å². The number of ether oxygens (including phenoxy) is 1. The lowest BCUT2D eigenvalue weighted by atomic mass is 10.0. The predicted molar refractivity (Wildman–Crippen MR) is 129 cm³/mol. The van der Waals surface area contributed by atoms with Gasteiger partial charge in [0.2, 0.25) is 15.9 Å². The summed E-state index contributed by atoms with van der Waals surface area (Å²) in [7, 11) is -2.03. The van der Waals surface area contributed by atoms with Gasteiger partial charge in [0.15, 0.2) is 0 Å². The van der Waals surface area contributed by atoms with Crippen molar-refractivity contribution >= 4 is 26.8 Å². The standard InChI is InChI=1S/C17H23N3O3S.C7H8O/c1-4-9-24(22,23)20(16(12(2)3)17(18)21)11-13-5-6-15-14(10-13)7-8-19-15;1-8-7-5-3-2-4-6-7/h4-8,10,12,16,19H,1,9,11H2,2-3H3,(H2,18,21);2-6H,1H3. The average Bonchev–Trinajstić information content (AvgIpc) is 3.21. The quantitative estimate of drug-likeness (QED) is 0.478. The van der Waals surface area contributed by atoms with Crippen molar-refractivity contribution in [3.05, 3.63) is 79.0 Å². The minimum Gasteiger partial charge on any atom is -0.497 e. The summed E-state index contributed by atoms with van der Waals surface area (Å²) < 4.78 is 31.4. The first kappa shape index (κ1) is 25.2. The molecule has 7 nitrogen and oxygen atoms in total. The first-order chi connectivity index (χ1) is 15.2. The molecule has 0 radical (unpaired) electrons. The number of carbonyl (C=O) groups is 1. The second-order valence-corrected chi connectivity index (χ2v) is 9.59. The number of primary amides is 1. The number of hydrogen-bond donors (Lipinski definition) is 2. The van der Waals surface area contributed by atoms with Crippen LogP contribution in [0.1, 0.15) is 19.4 Å². The molecule has 1 atom stereocenters. The third-order valence-electron chi connectivity index (χ3n) is 4.85. The van der Waals surface area contributed by atoms with Gasteiger partial charge in [-0.05, 0) is 47.2 Å². The summed E-state index contributed by atoms with van der Waals surface area (Å²) in [5.74, 6) is -0.221. The maximum Gasteiger partial charge on any atom is 0.236 e. The Balaban J connectivity index is 0.000000380. The van der Waals surface area contributed by atoms with E-state index in [0.717, 1.165) is 22.2 Å². The Labute approximate surface area is 189 Å². The molecular weight excluding hydrogens is 426 g/mol. The van der Waals surface area contributed by atoms with Crippen LogP contribution in [-0.4, -0.2) is 42.5 Å². The zero-order valence-electron chi connectivity index (χ0n) is 18.7. The fourth-order valence-corrected chi connectivity index (χ4v) is 4.88. The van der Waals surface area contributed by atoms with Crippen molar-refractivity contribution in [2.45, 2.75) is 26.4 Å². The summed E-state index contributed by atoms with van der Waals surface area (Å²) in [6.07, 6.45) is 3.14. The van der Waals surface area contributed by atoms with Crippen LogP contribution in [0.2, 0.25) is 0 Å². The van der Waals surface area contributed by atoms with Gasteiger partial charge in [-0.1, -0.05) is 44.2 Å². The lowest BCUT2D eigenvalue weighted by Gasteiger charge is -2.31. The van der Waals surface area contributed by atoms with Crippen molar-refractivity contribution in [3.63, 3.8) is 0 Å². The number of nitrogens with zero attached hydrogens (tertiary/aromatic N) is 1. The number of nitrogens with two attached hydrogens (primary N) is 1. The van der Waals surface area contributed by atoms with Gasteiger partial charge in [-0.2, -0.15) is 4.31 Å². The second-order valence-electron chi connectivity index (χ2n) is 7.62. The van der Waals surface area contributed by atoms with Gasteiger partial charge in [0, 0.05) is 18.3 Å². The Morgan fingerprint density at radius 1 is 1.19 bits per heavy atom. The molecule has 3 aromatic rings. The molecule has 0 aliphatic heterocycles. The minimum atomic E-state index is -3.69.